The Kier molecular flexibility index (Phi) is 13.8. The number of carbonyl (C=O) groups is 4. The summed E-state index contributed by atoms with van der Waals surface area (Å²) in [4.78, 5) is 48.2. The van der Waals surface area contributed by atoms with Crippen molar-refractivity contribution < 1.29 is 38.1 Å². The van der Waals surface area contributed by atoms with Gasteiger partial charge in [0.05, 0.1) is 37.6 Å². The van der Waals surface area contributed by atoms with E-state index < -0.39 is 11.9 Å². The van der Waals surface area contributed by atoms with Crippen LogP contribution in [0.4, 0.5) is 0 Å². The van der Waals surface area contributed by atoms with E-state index in [0.29, 0.717) is 37.2 Å². The number of ether oxygens (including phenoxy) is 4. The van der Waals surface area contributed by atoms with Gasteiger partial charge >= 0.3 is 23.9 Å². The zero-order valence-corrected chi connectivity index (χ0v) is 26.0. The lowest BCUT2D eigenvalue weighted by atomic mass is 10.1. The highest BCUT2D eigenvalue weighted by Crippen LogP contribution is 2.18. The van der Waals surface area contributed by atoms with Crippen molar-refractivity contribution in [2.45, 2.75) is 51.4 Å². The van der Waals surface area contributed by atoms with Gasteiger partial charge in [-0.25, -0.2) is 19.2 Å². The van der Waals surface area contributed by atoms with Crippen LogP contribution < -0.4 is 0 Å². The van der Waals surface area contributed by atoms with Crippen LogP contribution in [0, 0.1) is 0 Å². The standard InChI is InChI=1S/C38H40O8/c39-35(43-23-9-1-3-11-25-45-37(41)33-19-17-29-13-5-7-15-31(29)27-33)21-22-36(40)44-24-10-2-4-12-26-46-38(42)34-20-18-30-14-6-8-16-32(30)28-34/h5-8,13-22,27-28H,1-4,9-12,23-26H2/b22-21-. The van der Waals surface area contributed by atoms with Gasteiger partial charge in [0.1, 0.15) is 0 Å². The molecule has 4 aromatic rings. The highest BCUT2D eigenvalue weighted by molar-refractivity contribution is 5.96. The first-order chi connectivity index (χ1) is 22.5. The summed E-state index contributed by atoms with van der Waals surface area (Å²) >= 11 is 0. The highest BCUT2D eigenvalue weighted by atomic mass is 16.5. The van der Waals surface area contributed by atoms with E-state index in [1.165, 1.54) is 0 Å². The predicted molar refractivity (Wildman–Crippen MR) is 176 cm³/mol. The van der Waals surface area contributed by atoms with Crippen LogP contribution in [0.15, 0.2) is 97.1 Å². The summed E-state index contributed by atoms with van der Waals surface area (Å²) in [6, 6.07) is 26.7. The molecule has 8 heteroatoms. The molecule has 0 spiro atoms. The van der Waals surface area contributed by atoms with Crippen molar-refractivity contribution in [3.8, 4) is 0 Å². The van der Waals surface area contributed by atoms with Gasteiger partial charge in [-0.05, 0) is 97.2 Å². The number of rotatable bonds is 18. The molecule has 0 heterocycles. The normalized spacial score (nSPS) is 11.0. The molecule has 0 saturated carbocycles. The fourth-order valence-corrected chi connectivity index (χ4v) is 4.82. The minimum atomic E-state index is -0.598. The van der Waals surface area contributed by atoms with Crippen LogP contribution in [0.1, 0.15) is 72.1 Å². The van der Waals surface area contributed by atoms with E-state index >= 15 is 0 Å². The second-order valence-corrected chi connectivity index (χ2v) is 10.9. The molecule has 0 aliphatic heterocycles. The van der Waals surface area contributed by atoms with Gasteiger partial charge in [-0.3, -0.25) is 0 Å². The molecule has 0 unspecified atom stereocenters. The average Bonchev–Trinajstić information content (AvgIpc) is 3.08. The van der Waals surface area contributed by atoms with Crippen LogP contribution in [0.25, 0.3) is 21.5 Å². The Morgan fingerprint density at radius 2 is 0.761 bits per heavy atom. The van der Waals surface area contributed by atoms with E-state index in [2.05, 4.69) is 0 Å². The molecule has 0 aliphatic rings. The highest BCUT2D eigenvalue weighted by Gasteiger charge is 2.09. The first-order valence-corrected chi connectivity index (χ1v) is 15.8. The molecule has 0 amide bonds. The zero-order chi connectivity index (χ0) is 32.4. The summed E-state index contributed by atoms with van der Waals surface area (Å²) in [5.41, 5.74) is 1.07. The zero-order valence-electron chi connectivity index (χ0n) is 26.0. The number of hydrogen-bond acceptors (Lipinski definition) is 8. The maximum absolute atomic E-state index is 12.3. The van der Waals surface area contributed by atoms with Crippen molar-refractivity contribution in [2.24, 2.45) is 0 Å². The van der Waals surface area contributed by atoms with Gasteiger partial charge in [-0.15, -0.1) is 0 Å². The molecule has 4 rings (SSSR count). The first kappa shape index (κ1) is 33.9. The summed E-state index contributed by atoms with van der Waals surface area (Å²) in [6.07, 6.45) is 8.23. The second kappa shape index (κ2) is 18.7. The molecule has 46 heavy (non-hydrogen) atoms. The molecule has 240 valence electrons. The molecule has 0 aliphatic carbocycles. The molecule has 0 aromatic heterocycles. The van der Waals surface area contributed by atoms with E-state index in [0.717, 1.165) is 72.2 Å². The number of benzene rings is 4. The summed E-state index contributed by atoms with van der Waals surface area (Å²) in [5, 5.41) is 4.14. The van der Waals surface area contributed by atoms with Crippen LogP contribution >= 0.6 is 0 Å². The summed E-state index contributed by atoms with van der Waals surface area (Å²) in [7, 11) is 0. The topological polar surface area (TPSA) is 105 Å². The minimum absolute atomic E-state index is 0.243. The summed E-state index contributed by atoms with van der Waals surface area (Å²) in [6.45, 7) is 1.15. The van der Waals surface area contributed by atoms with E-state index in [1.807, 2.05) is 72.8 Å². The van der Waals surface area contributed by atoms with Crippen molar-refractivity contribution in [2.75, 3.05) is 26.4 Å². The molecule has 0 bridgehead atoms. The third-order valence-corrected chi connectivity index (χ3v) is 7.36. The van der Waals surface area contributed by atoms with E-state index in [9.17, 15) is 19.2 Å². The molecule has 0 fully saturated rings. The predicted octanol–water partition coefficient (Wildman–Crippen LogP) is 7.77. The van der Waals surface area contributed by atoms with Crippen molar-refractivity contribution in [3.05, 3.63) is 108 Å². The molecular formula is C38H40O8. The Labute approximate surface area is 269 Å². The van der Waals surface area contributed by atoms with Crippen LogP contribution in [-0.2, 0) is 28.5 Å². The lowest BCUT2D eigenvalue weighted by Crippen LogP contribution is -2.07. The van der Waals surface area contributed by atoms with Crippen molar-refractivity contribution in [1.29, 1.82) is 0 Å². The molecule has 0 atom stereocenters. The largest absolute Gasteiger partial charge is 0.463 e. The molecule has 4 aromatic carbocycles. The maximum atomic E-state index is 12.3. The van der Waals surface area contributed by atoms with E-state index in [1.54, 1.807) is 12.1 Å². The minimum Gasteiger partial charge on any atom is -0.463 e. The SMILES string of the molecule is O=C(/C=C\C(=O)OCCCCCCOC(=O)c1ccc2ccccc2c1)OCCCCCCOC(=O)c1ccc2ccccc2c1. The Bertz CT molecular complexity index is 1520. The first-order valence-electron chi connectivity index (χ1n) is 15.8. The smallest absolute Gasteiger partial charge is 0.338 e. The lowest BCUT2D eigenvalue weighted by Gasteiger charge is -2.06. The van der Waals surface area contributed by atoms with Crippen LogP contribution in [0.2, 0.25) is 0 Å². The van der Waals surface area contributed by atoms with Gasteiger partial charge in [-0.1, -0.05) is 60.7 Å². The van der Waals surface area contributed by atoms with Crippen LogP contribution in [0.5, 0.6) is 0 Å². The number of fused-ring (bicyclic) bond motifs is 2. The van der Waals surface area contributed by atoms with Gasteiger partial charge in [0, 0.05) is 12.2 Å². The third kappa shape index (κ3) is 11.5. The third-order valence-electron chi connectivity index (χ3n) is 7.36. The molecule has 0 radical (unpaired) electrons. The lowest BCUT2D eigenvalue weighted by molar-refractivity contribution is -0.140. The number of hydrogen-bond donors (Lipinski definition) is 0. The van der Waals surface area contributed by atoms with Gasteiger partial charge in [0.2, 0.25) is 0 Å². The van der Waals surface area contributed by atoms with Crippen molar-refractivity contribution in [3.63, 3.8) is 0 Å². The quantitative estimate of drug-likeness (QED) is 0.0479. The van der Waals surface area contributed by atoms with Gasteiger partial charge < -0.3 is 18.9 Å². The van der Waals surface area contributed by atoms with E-state index in [-0.39, 0.29) is 25.2 Å². The van der Waals surface area contributed by atoms with Crippen molar-refractivity contribution in [1.82, 2.24) is 0 Å². The van der Waals surface area contributed by atoms with Gasteiger partial charge in [0.25, 0.3) is 0 Å². The monoisotopic (exact) mass is 624 g/mol. The van der Waals surface area contributed by atoms with Gasteiger partial charge in [-0.2, -0.15) is 0 Å². The van der Waals surface area contributed by atoms with E-state index in [4.69, 9.17) is 18.9 Å². The number of unbranched alkanes of at least 4 members (excludes halogenated alkanes) is 6. The van der Waals surface area contributed by atoms with Crippen molar-refractivity contribution >= 4 is 45.4 Å². The maximum Gasteiger partial charge on any atom is 0.338 e. The Morgan fingerprint density at radius 3 is 1.15 bits per heavy atom. The average molecular weight is 625 g/mol. The molecule has 0 saturated heterocycles. The summed E-state index contributed by atoms with van der Waals surface area (Å²) in [5.74, 6) is -1.87. The fraction of sp³-hybridized carbons (Fsp3) is 0.316. The number of carbonyl (C=O) groups excluding carboxylic acids is 4. The Balaban J connectivity index is 0.942. The molecule has 0 N–H and O–H groups in total. The fourth-order valence-electron chi connectivity index (χ4n) is 4.82. The van der Waals surface area contributed by atoms with Gasteiger partial charge in [0.15, 0.2) is 0 Å². The van der Waals surface area contributed by atoms with Crippen LogP contribution in [0.3, 0.4) is 0 Å². The molecule has 8 nitrogen and oxygen atoms in total. The molecular weight excluding hydrogens is 584 g/mol. The Hall–Kier alpha value is -4.98. The van der Waals surface area contributed by atoms with Crippen LogP contribution in [-0.4, -0.2) is 50.3 Å². The second-order valence-electron chi connectivity index (χ2n) is 10.9. The summed E-state index contributed by atoms with van der Waals surface area (Å²) < 4.78 is 21.0. The Morgan fingerprint density at radius 1 is 0.413 bits per heavy atom. The number of esters is 4.